The number of rotatable bonds is 11. The Hall–Kier alpha value is -3.97. The second-order valence-corrected chi connectivity index (χ2v) is 23.9. The van der Waals surface area contributed by atoms with E-state index in [9.17, 15) is 22.8 Å². The number of sulfonamides is 1. The van der Waals surface area contributed by atoms with Gasteiger partial charge in [-0.3, -0.25) is 4.90 Å². The van der Waals surface area contributed by atoms with Crippen LogP contribution >= 0.6 is 0 Å². The van der Waals surface area contributed by atoms with Crippen LogP contribution in [-0.2, 0) is 35.6 Å². The number of nitrogens with one attached hydrogen (secondary N) is 3. The summed E-state index contributed by atoms with van der Waals surface area (Å²) >= 11 is -1.05. The molecule has 3 aliphatic carbocycles. The number of halogens is 1. The number of pyridine rings is 1. The van der Waals surface area contributed by atoms with Crippen LogP contribution in [0.2, 0.25) is 0 Å². The molecule has 4 amide bonds. The molecule has 7 atom stereocenters. The molecular weight excluding hydrogens is 940 g/mol. The van der Waals surface area contributed by atoms with E-state index in [2.05, 4.69) is 39.0 Å². The minimum absolute atomic E-state index is 0.00565. The molecular formula is C46H60IN6O9S-. The van der Waals surface area contributed by atoms with Gasteiger partial charge in [0.05, 0.1) is 0 Å². The van der Waals surface area contributed by atoms with Crippen LogP contribution in [0.25, 0.3) is 10.9 Å². The third-order valence-electron chi connectivity index (χ3n) is 14.0. The van der Waals surface area contributed by atoms with Gasteiger partial charge in [0.1, 0.15) is 0 Å². The van der Waals surface area contributed by atoms with Gasteiger partial charge in [0.25, 0.3) is 0 Å². The molecule has 2 aromatic rings. The summed E-state index contributed by atoms with van der Waals surface area (Å²) in [7, 11) is -3.89. The maximum absolute atomic E-state index is 15.1. The molecule has 6 fully saturated rings. The van der Waals surface area contributed by atoms with Crippen molar-refractivity contribution in [3.05, 3.63) is 54.6 Å². The monoisotopic (exact) mass is 999 g/mol. The number of para-hydroxylation sites is 1. The molecule has 9 rings (SSSR count). The van der Waals surface area contributed by atoms with Gasteiger partial charge in [0, 0.05) is 6.54 Å². The van der Waals surface area contributed by atoms with E-state index in [4.69, 9.17) is 19.2 Å². The summed E-state index contributed by atoms with van der Waals surface area (Å²) in [5.74, 6) is -0.700. The van der Waals surface area contributed by atoms with E-state index in [-0.39, 0.29) is 30.9 Å². The van der Waals surface area contributed by atoms with E-state index in [0.29, 0.717) is 43.0 Å². The van der Waals surface area contributed by atoms with E-state index in [0.717, 1.165) is 88.4 Å². The number of aromatic nitrogens is 1. The number of hydrogen-bond donors (Lipinski definition) is 3. The second-order valence-electron chi connectivity index (χ2n) is 18.3. The number of alkyl carbamates (subject to hydrolysis) is 1. The fraction of sp³-hybridized carbons (Fsp3) is 0.630. The summed E-state index contributed by atoms with van der Waals surface area (Å²) in [5, 5.41) is 6.16. The quantitative estimate of drug-likeness (QED) is 0.128. The van der Waals surface area contributed by atoms with Gasteiger partial charge in [0.15, 0.2) is 0 Å². The molecule has 3 saturated heterocycles. The molecule has 3 N–H and O–H groups in total. The van der Waals surface area contributed by atoms with Crippen LogP contribution in [0.3, 0.4) is 0 Å². The first-order chi connectivity index (χ1) is 30.5. The predicted molar refractivity (Wildman–Crippen MR) is 231 cm³/mol. The molecule has 342 valence electrons. The van der Waals surface area contributed by atoms with Crippen LogP contribution < -0.4 is 46.0 Å². The number of hydrogen-bond acceptors (Lipinski definition) is 11. The van der Waals surface area contributed by atoms with E-state index in [1.54, 1.807) is 6.08 Å². The molecule has 0 spiro atoms. The van der Waals surface area contributed by atoms with E-state index in [1.807, 2.05) is 24.3 Å². The Morgan fingerprint density at radius 2 is 1.76 bits per heavy atom. The van der Waals surface area contributed by atoms with Crippen LogP contribution in [0, 0.1) is 11.8 Å². The predicted octanol–water partition coefficient (Wildman–Crippen LogP) is 1.48. The molecule has 15 nitrogen and oxygen atoms in total. The number of carbonyl (C=O) groups is 4. The van der Waals surface area contributed by atoms with Gasteiger partial charge in [-0.2, -0.15) is 0 Å². The number of nitrogens with zero attached hydrogens (tertiary/aromatic N) is 3. The van der Waals surface area contributed by atoms with Crippen LogP contribution in [0.4, 0.5) is 4.79 Å². The van der Waals surface area contributed by atoms with Crippen molar-refractivity contribution in [1.29, 1.82) is 0 Å². The van der Waals surface area contributed by atoms with E-state index >= 15 is 4.79 Å². The normalized spacial score (nSPS) is 31.3. The number of ether oxygens (including phenoxy) is 3. The zero-order valence-electron chi connectivity index (χ0n) is 35.8. The number of amides is 4. The van der Waals surface area contributed by atoms with Crippen LogP contribution in [-0.4, -0.2) is 117 Å². The summed E-state index contributed by atoms with van der Waals surface area (Å²) < 4.78 is 45.9. The molecule has 2 bridgehead atoms. The van der Waals surface area contributed by atoms with E-state index in [1.165, 1.54) is 17.7 Å². The Balaban J connectivity index is 1.07. The zero-order valence-corrected chi connectivity index (χ0v) is 38.8. The van der Waals surface area contributed by atoms with Crippen molar-refractivity contribution in [3.8, 4) is 11.6 Å². The number of fused-ring (bicyclic) bond motifs is 5. The van der Waals surface area contributed by atoms with Crippen molar-refractivity contribution >= 4 is 44.7 Å². The molecule has 0 radical (unpaired) electrons. The standard InChI is InChI=1S/C46H60IN6O9S/c1-2-38-46(47-38,44(56)51-63(58,59)32-21-22-32)50-41(54)36-27-31-28-53(36)43(55)39(30-14-6-7-15-30)49-45(57)62-37-20-12-16-29(37)13-4-3-5-18-34-40(60-26-25-52-23-10-11-24-52)33-17-8-9-19-35(33)48-42(34)61-31/h2-3,5,8-9,17,19,29-32,36-39H,1,4,6-7,10-16,18,20-28H2,(H,49,57)(H,50,54)(H,51,56)/q-1/b5-3+/t29-,31-,36+,37-,38+,39+,46-/m1/s1. The average Bonchev–Trinajstić information content (AvgIpc) is 3.85. The number of alkyl halides is 2. The molecule has 5 heterocycles. The Kier molecular flexibility index (Phi) is 13.2. The SMILES string of the molecule is C=C[C@@H]1[I-][C@]1(NC(=O)[C@@H]1C[C@@H]2CN1C(=O)[C@H](C1CCCC1)NC(=O)O[C@@H]1CCC[C@H]1CC/C=C/Cc1c(nc3ccccc3c1OCCN1CCCC1)O2)C(=O)NS(=O)(=O)C1CC1. The molecule has 17 heteroatoms. The summed E-state index contributed by atoms with van der Waals surface area (Å²) in [5.41, 5.74) is 1.47. The van der Waals surface area contributed by atoms with Gasteiger partial charge in [-0.1, -0.05) is 6.07 Å². The molecule has 3 saturated carbocycles. The minimum atomic E-state index is -3.89. The third-order valence-corrected chi connectivity index (χ3v) is 19.7. The number of benzene rings is 1. The summed E-state index contributed by atoms with van der Waals surface area (Å²) in [6.07, 6.45) is 15.7. The van der Waals surface area contributed by atoms with Gasteiger partial charge < -0.3 is 0 Å². The number of likely N-dealkylation sites (tertiary alicyclic amines) is 1. The Morgan fingerprint density at radius 1 is 0.984 bits per heavy atom. The van der Waals surface area contributed by atoms with Crippen LogP contribution in [0.15, 0.2) is 49.1 Å². The molecule has 63 heavy (non-hydrogen) atoms. The molecule has 4 aliphatic heterocycles. The number of carbonyl (C=O) groups excluding carboxylic acids is 4. The first-order valence-electron chi connectivity index (χ1n) is 23.0. The van der Waals surface area contributed by atoms with Gasteiger partial charge in [-0.25, -0.2) is 0 Å². The zero-order chi connectivity index (χ0) is 43.7. The Bertz CT molecular complexity index is 2230. The van der Waals surface area contributed by atoms with Crippen LogP contribution in [0.1, 0.15) is 95.5 Å². The molecule has 1 aromatic carbocycles. The Morgan fingerprint density at radius 3 is 2.52 bits per heavy atom. The van der Waals surface area contributed by atoms with Gasteiger partial charge in [-0.05, 0) is 51.6 Å². The average molecular weight is 1000 g/mol. The van der Waals surface area contributed by atoms with Crippen molar-refractivity contribution in [2.75, 3.05) is 32.8 Å². The first kappa shape index (κ1) is 44.2. The Labute approximate surface area is 380 Å². The van der Waals surface area contributed by atoms with Gasteiger partial charge in [0.2, 0.25) is 0 Å². The third kappa shape index (κ3) is 9.70. The van der Waals surface area contributed by atoms with Crippen molar-refractivity contribution < 1.29 is 63.0 Å². The summed E-state index contributed by atoms with van der Waals surface area (Å²) in [6.45, 7) is 7.26. The maximum atomic E-state index is 15.1. The van der Waals surface area contributed by atoms with E-state index < -0.39 is 86.0 Å². The van der Waals surface area contributed by atoms with Crippen molar-refractivity contribution in [1.82, 2.24) is 30.1 Å². The van der Waals surface area contributed by atoms with Crippen molar-refractivity contribution in [3.63, 3.8) is 0 Å². The van der Waals surface area contributed by atoms with Gasteiger partial charge in [-0.15, -0.1) is 0 Å². The molecule has 1 aromatic heterocycles. The molecule has 7 aliphatic rings. The fourth-order valence-corrected chi connectivity index (χ4v) is 14.5. The van der Waals surface area contributed by atoms with Gasteiger partial charge >= 0.3 is 313 Å². The van der Waals surface area contributed by atoms with Crippen LogP contribution in [0.5, 0.6) is 11.6 Å². The molecule has 0 unspecified atom stereocenters. The topological polar surface area (TPSA) is 186 Å². The summed E-state index contributed by atoms with van der Waals surface area (Å²) in [6, 6.07) is 5.77. The van der Waals surface area contributed by atoms with Crippen molar-refractivity contribution in [2.45, 2.75) is 133 Å². The van der Waals surface area contributed by atoms with Crippen molar-refractivity contribution in [2.24, 2.45) is 11.8 Å². The first-order valence-corrected chi connectivity index (χ1v) is 26.9. The summed E-state index contributed by atoms with van der Waals surface area (Å²) in [4.78, 5) is 66.3. The number of allylic oxidation sites excluding steroid dienone is 2. The fourth-order valence-electron chi connectivity index (χ4n) is 10.3. The second kappa shape index (κ2) is 18.9.